The van der Waals surface area contributed by atoms with Gasteiger partial charge in [0.1, 0.15) is 0 Å². The van der Waals surface area contributed by atoms with Gasteiger partial charge in [0, 0.05) is 18.3 Å². The Morgan fingerprint density at radius 1 is 0.877 bits per heavy atom. The van der Waals surface area contributed by atoms with Gasteiger partial charge in [-0.3, -0.25) is 44.9 Å². The first kappa shape index (κ1) is 44.1. The maximum absolute atomic E-state index is 14.4. The molecule has 0 radical (unpaired) electrons. The third-order valence-corrected chi connectivity index (χ3v) is 12.4. The SMILES string of the molecule is COc1cc(C(=O)OCCCCON(O)O)ccc1OC(=O)OCC(=O)[C@@]1(OC(=O)CCCON(O)O)CCC2C3CCC4=CC(=O)CC[C@]4(C)[C@H]3C(O)C[C@@]21C. The van der Waals surface area contributed by atoms with Crippen molar-refractivity contribution >= 4 is 29.7 Å². The second-order valence-electron chi connectivity index (χ2n) is 15.5. The lowest BCUT2D eigenvalue weighted by Gasteiger charge is -2.60. The summed E-state index contributed by atoms with van der Waals surface area (Å²) in [6.45, 7) is 2.84. The smallest absolute Gasteiger partial charge is 0.493 e. The molecule has 5 rings (SSSR count). The molecule has 4 aliphatic rings. The highest BCUT2D eigenvalue weighted by atomic mass is 17.1. The van der Waals surface area contributed by atoms with Crippen molar-refractivity contribution in [3.05, 3.63) is 35.4 Å². The lowest BCUT2D eigenvalue weighted by atomic mass is 9.45. The molecule has 0 amide bonds. The third kappa shape index (κ3) is 9.64. The summed E-state index contributed by atoms with van der Waals surface area (Å²) in [5.74, 6) is -2.63. The van der Waals surface area contributed by atoms with Gasteiger partial charge in [-0.05, 0) is 105 Å². The molecule has 19 nitrogen and oxygen atoms in total. The van der Waals surface area contributed by atoms with E-state index in [1.165, 1.54) is 25.3 Å². The number of ether oxygens (including phenoxy) is 5. The van der Waals surface area contributed by atoms with Crippen LogP contribution in [-0.4, -0.2) is 112 Å². The molecule has 3 unspecified atom stereocenters. The van der Waals surface area contributed by atoms with E-state index in [2.05, 4.69) is 16.6 Å². The number of rotatable bonds is 18. The quantitative estimate of drug-likeness (QED) is 0.0455. The Morgan fingerprint density at radius 2 is 1.58 bits per heavy atom. The lowest BCUT2D eigenvalue weighted by Crippen LogP contribution is -2.63. The van der Waals surface area contributed by atoms with E-state index in [9.17, 15) is 29.1 Å². The summed E-state index contributed by atoms with van der Waals surface area (Å²) in [6.07, 6.45) is 3.11. The fourth-order valence-corrected chi connectivity index (χ4v) is 9.80. The third-order valence-electron chi connectivity index (χ3n) is 12.4. The fourth-order valence-electron chi connectivity index (χ4n) is 9.80. The molecule has 0 bridgehead atoms. The van der Waals surface area contributed by atoms with Crippen LogP contribution in [0, 0.1) is 28.6 Å². The summed E-state index contributed by atoms with van der Waals surface area (Å²) in [5, 5.41) is 45.8. The van der Waals surface area contributed by atoms with Crippen molar-refractivity contribution < 1.29 is 83.3 Å². The van der Waals surface area contributed by atoms with Gasteiger partial charge in [-0.2, -0.15) is 0 Å². The van der Waals surface area contributed by atoms with Crippen LogP contribution in [0.3, 0.4) is 0 Å². The molecule has 0 saturated heterocycles. The van der Waals surface area contributed by atoms with Crippen LogP contribution in [-0.2, 0) is 38.3 Å². The maximum atomic E-state index is 14.4. The number of benzene rings is 1. The number of nitrogens with zero attached hydrogens (tertiary/aromatic N) is 2. The van der Waals surface area contributed by atoms with Crippen LogP contribution in [0.15, 0.2) is 29.8 Å². The second kappa shape index (κ2) is 18.7. The number of carbonyl (C=O) groups excluding carboxylic acids is 5. The molecule has 0 aromatic heterocycles. The molecular formula is C38H52N2O17. The highest BCUT2D eigenvalue weighted by Crippen LogP contribution is 2.68. The van der Waals surface area contributed by atoms with Gasteiger partial charge in [-0.25, -0.2) is 9.59 Å². The first-order chi connectivity index (χ1) is 27.0. The average Bonchev–Trinajstić information content (AvgIpc) is 3.45. The van der Waals surface area contributed by atoms with E-state index in [-0.39, 0.29) is 86.1 Å². The van der Waals surface area contributed by atoms with Gasteiger partial charge in [0.15, 0.2) is 29.5 Å². The van der Waals surface area contributed by atoms with E-state index >= 15 is 0 Å². The van der Waals surface area contributed by atoms with Crippen LogP contribution in [0.2, 0.25) is 0 Å². The zero-order chi connectivity index (χ0) is 41.5. The summed E-state index contributed by atoms with van der Waals surface area (Å²) < 4.78 is 27.3. The minimum atomic E-state index is -1.80. The number of methoxy groups -OCH3 is 1. The maximum Gasteiger partial charge on any atom is 0.514 e. The van der Waals surface area contributed by atoms with Crippen molar-refractivity contribution in [3.63, 3.8) is 0 Å². The topological polar surface area (TPSA) is 258 Å². The number of hydrogen-bond acceptors (Lipinski definition) is 19. The Hall–Kier alpha value is -4.05. The minimum Gasteiger partial charge on any atom is -0.493 e. The first-order valence-corrected chi connectivity index (χ1v) is 19.0. The zero-order valence-corrected chi connectivity index (χ0v) is 32.3. The molecule has 1 aromatic rings. The molecule has 0 heterocycles. The van der Waals surface area contributed by atoms with Crippen LogP contribution in [0.1, 0.15) is 94.8 Å². The van der Waals surface area contributed by atoms with Gasteiger partial charge in [0.2, 0.25) is 5.78 Å². The molecule has 3 saturated carbocycles. The van der Waals surface area contributed by atoms with Crippen molar-refractivity contribution in [2.45, 2.75) is 96.2 Å². The molecule has 4 aliphatic carbocycles. The van der Waals surface area contributed by atoms with Gasteiger partial charge < -0.3 is 28.8 Å². The summed E-state index contributed by atoms with van der Waals surface area (Å²) in [6, 6.07) is 3.88. The number of esters is 2. The Bertz CT molecular complexity index is 1680. The zero-order valence-electron chi connectivity index (χ0n) is 32.3. The number of aliphatic hydroxyl groups is 1. The predicted octanol–water partition coefficient (Wildman–Crippen LogP) is 4.31. The van der Waals surface area contributed by atoms with Crippen LogP contribution >= 0.6 is 0 Å². The molecule has 0 spiro atoms. The van der Waals surface area contributed by atoms with Crippen LogP contribution < -0.4 is 9.47 Å². The minimum absolute atomic E-state index is 0.0111. The lowest BCUT2D eigenvalue weighted by molar-refractivity contribution is -0.492. The van der Waals surface area contributed by atoms with Crippen molar-refractivity contribution in [2.24, 2.45) is 28.6 Å². The Labute approximate surface area is 328 Å². The van der Waals surface area contributed by atoms with Crippen molar-refractivity contribution in [1.82, 2.24) is 10.8 Å². The second-order valence-corrected chi connectivity index (χ2v) is 15.5. The molecule has 1 aromatic carbocycles. The molecule has 316 valence electrons. The predicted molar refractivity (Wildman–Crippen MR) is 188 cm³/mol. The van der Waals surface area contributed by atoms with E-state index < -0.39 is 63.8 Å². The van der Waals surface area contributed by atoms with Crippen molar-refractivity contribution in [2.75, 3.05) is 33.5 Å². The van der Waals surface area contributed by atoms with E-state index in [1.807, 2.05) is 6.92 Å². The molecule has 3 fully saturated rings. The van der Waals surface area contributed by atoms with Gasteiger partial charge >= 0.3 is 18.1 Å². The van der Waals surface area contributed by atoms with Gasteiger partial charge in [-0.1, -0.05) is 19.4 Å². The molecule has 19 heteroatoms. The van der Waals surface area contributed by atoms with E-state index in [1.54, 1.807) is 6.08 Å². The summed E-state index contributed by atoms with van der Waals surface area (Å²) >= 11 is 0. The molecule has 57 heavy (non-hydrogen) atoms. The highest BCUT2D eigenvalue weighted by Gasteiger charge is 2.70. The number of aliphatic hydroxyl groups excluding tert-OH is 1. The first-order valence-electron chi connectivity index (χ1n) is 19.0. The molecular weight excluding hydrogens is 756 g/mol. The molecule has 5 N–H and O–H groups in total. The number of allylic oxidation sites excluding steroid dienone is 1. The highest BCUT2D eigenvalue weighted by molar-refractivity contribution is 5.94. The Kier molecular flexibility index (Phi) is 14.4. The van der Waals surface area contributed by atoms with E-state index in [0.29, 0.717) is 44.9 Å². The van der Waals surface area contributed by atoms with E-state index in [4.69, 9.17) is 44.5 Å². The van der Waals surface area contributed by atoms with E-state index in [0.717, 1.165) is 5.57 Å². The number of carbonyl (C=O) groups is 5. The number of ketones is 2. The van der Waals surface area contributed by atoms with Crippen LogP contribution in [0.4, 0.5) is 4.79 Å². The standard InChI is InChI=1S/C38H52N2O17/c1-36-14-12-25(41)20-24(36)9-10-26-27-13-15-38(37(27,2)21-28(42)33(26)36,57-32(44)7-6-18-55-40(49)50)31(43)22-53-35(46)56-29-11-8-23(19-30(29)51-3)34(45)52-16-4-5-17-54-39(47)48/h8,11,19-20,26-28,33,42,47-50H,4-7,9-10,12-18,21-22H2,1-3H3/t26?,27?,28?,33-,36+,37+,38+/m1/s1. The number of Topliss-reactive ketones (excluding diaryl/α,β-unsaturated/α-hetero) is 1. The molecule has 7 atom stereocenters. The number of fused-ring (bicyclic) bond motifs is 5. The van der Waals surface area contributed by atoms with Crippen LogP contribution in [0.25, 0.3) is 0 Å². The Morgan fingerprint density at radius 3 is 2.28 bits per heavy atom. The number of hydrogen-bond donors (Lipinski definition) is 5. The van der Waals surface area contributed by atoms with Crippen molar-refractivity contribution in [1.29, 1.82) is 0 Å². The Balaban J connectivity index is 1.28. The van der Waals surface area contributed by atoms with Gasteiger partial charge in [0.05, 0.1) is 49.4 Å². The van der Waals surface area contributed by atoms with Gasteiger partial charge in [0.25, 0.3) is 0 Å². The molecule has 0 aliphatic heterocycles. The summed E-state index contributed by atoms with van der Waals surface area (Å²) in [5.41, 5.74) is -2.15. The van der Waals surface area contributed by atoms with Gasteiger partial charge in [-0.15, -0.1) is 0 Å². The monoisotopic (exact) mass is 808 g/mol. The number of unbranched alkanes of at least 4 members (excludes halogenated alkanes) is 1. The fraction of sp³-hybridized carbons (Fsp3) is 0.658. The summed E-state index contributed by atoms with van der Waals surface area (Å²) in [7, 11) is 1.28. The normalized spacial score (nSPS) is 29.2. The largest absolute Gasteiger partial charge is 0.514 e. The summed E-state index contributed by atoms with van der Waals surface area (Å²) in [4.78, 5) is 74.7. The average molecular weight is 809 g/mol. The van der Waals surface area contributed by atoms with Crippen molar-refractivity contribution in [3.8, 4) is 11.5 Å². The van der Waals surface area contributed by atoms with Crippen LogP contribution in [0.5, 0.6) is 11.5 Å².